The van der Waals surface area contributed by atoms with Crippen molar-refractivity contribution in [2.45, 2.75) is 32.1 Å². The fourth-order valence-electron chi connectivity index (χ4n) is 17.4. The molecule has 1 atom stereocenters. The monoisotopic (exact) mass is 1530 g/mol. The zero-order valence-electron chi connectivity index (χ0n) is 65.4. The van der Waals surface area contributed by atoms with Crippen LogP contribution >= 0.6 is 0 Å². The predicted octanol–water partition coefficient (Wildman–Crippen LogP) is 26.2. The largest absolute Gasteiger partial charge is 0.457 e. The van der Waals surface area contributed by atoms with Crippen LogP contribution in [0.15, 0.2) is 400 Å². The van der Waals surface area contributed by atoms with Gasteiger partial charge >= 0.3 is 0 Å². The lowest BCUT2D eigenvalue weighted by Crippen LogP contribution is -2.34. The third-order valence-electron chi connectivity index (χ3n) is 23.0. The van der Waals surface area contributed by atoms with Crippen LogP contribution in [0.2, 0.25) is 0 Å². The topological polar surface area (TPSA) is 126 Å². The van der Waals surface area contributed by atoms with Gasteiger partial charge in [-0.05, 0) is 182 Å². The van der Waals surface area contributed by atoms with Crippen LogP contribution in [-0.4, -0.2) is 29.9 Å². The summed E-state index contributed by atoms with van der Waals surface area (Å²) < 4.78 is 14.9. The third kappa shape index (κ3) is 13.0. The first-order valence-electron chi connectivity index (χ1n) is 39.9. The van der Waals surface area contributed by atoms with Gasteiger partial charge < -0.3 is 19.3 Å². The van der Waals surface area contributed by atoms with Gasteiger partial charge in [0.2, 0.25) is 0 Å². The summed E-state index contributed by atoms with van der Waals surface area (Å²) >= 11 is 0. The molecule has 0 amide bonds. The first-order valence-corrected chi connectivity index (χ1v) is 39.9. The van der Waals surface area contributed by atoms with Crippen molar-refractivity contribution in [3.05, 3.63) is 456 Å². The van der Waals surface area contributed by atoms with Gasteiger partial charge in [-0.1, -0.05) is 298 Å². The van der Waals surface area contributed by atoms with Crippen LogP contribution in [0.3, 0.4) is 0 Å². The molecule has 0 saturated heterocycles. The molecule has 11 nitrogen and oxygen atoms in total. The van der Waals surface area contributed by atoms with E-state index < -0.39 is 5.41 Å². The number of anilines is 5. The summed E-state index contributed by atoms with van der Waals surface area (Å²) in [6.07, 6.45) is 11.4. The minimum absolute atomic E-state index is 0.489. The number of allylic oxidation sites excluding steroid dienone is 8. The van der Waals surface area contributed by atoms with Crippen LogP contribution in [0.4, 0.5) is 28.4 Å². The van der Waals surface area contributed by atoms with Gasteiger partial charge in [-0.25, -0.2) is 29.9 Å². The van der Waals surface area contributed by atoms with Crippen LogP contribution < -0.4 is 19.3 Å². The molecule has 1 spiro atoms. The van der Waals surface area contributed by atoms with Crippen molar-refractivity contribution in [3.8, 4) is 113 Å². The molecule has 2 aromatic heterocycles. The summed E-state index contributed by atoms with van der Waals surface area (Å²) in [5.74, 6) is 5.79. The van der Waals surface area contributed by atoms with Crippen molar-refractivity contribution >= 4 is 39.6 Å². The van der Waals surface area contributed by atoms with Gasteiger partial charge in [0.15, 0.2) is 34.9 Å². The lowest BCUT2D eigenvalue weighted by Gasteiger charge is -2.40. The Morgan fingerprint density at radius 3 is 1.50 bits per heavy atom. The first kappa shape index (κ1) is 72.2. The lowest BCUT2D eigenvalue weighted by atomic mass is 9.65. The van der Waals surface area contributed by atoms with Crippen molar-refractivity contribution in [2.24, 2.45) is 0 Å². The average molecular weight is 1530 g/mol. The Bertz CT molecular complexity index is 6910. The molecule has 1 unspecified atom stereocenters. The molecule has 11 heteroatoms. The summed E-state index contributed by atoms with van der Waals surface area (Å²) in [5.41, 5.74) is 27.3. The van der Waals surface area contributed by atoms with Crippen LogP contribution in [0.25, 0.3) is 101 Å². The summed E-state index contributed by atoms with van der Waals surface area (Å²) in [6, 6.07) is 120. The van der Waals surface area contributed by atoms with Crippen LogP contribution in [0, 0.1) is 11.3 Å². The number of fused-ring (bicyclic) bond motifs is 14. The van der Waals surface area contributed by atoms with Crippen molar-refractivity contribution in [1.82, 2.24) is 29.9 Å². The molecule has 16 aromatic rings. The van der Waals surface area contributed by atoms with Crippen LogP contribution in [0.1, 0.15) is 70.0 Å². The average Bonchev–Trinajstić information content (AvgIpc) is 1.52. The van der Waals surface area contributed by atoms with E-state index in [1.165, 1.54) is 22.3 Å². The molecule has 0 saturated carbocycles. The molecule has 564 valence electrons. The van der Waals surface area contributed by atoms with E-state index in [0.29, 0.717) is 64.9 Å². The van der Waals surface area contributed by atoms with Crippen LogP contribution in [0.5, 0.6) is 17.2 Å². The van der Waals surface area contributed by atoms with Crippen molar-refractivity contribution in [3.63, 3.8) is 0 Å². The van der Waals surface area contributed by atoms with Gasteiger partial charge in [0, 0.05) is 63.2 Å². The van der Waals surface area contributed by atoms with Gasteiger partial charge in [-0.3, -0.25) is 0 Å². The van der Waals surface area contributed by atoms with E-state index in [4.69, 9.17) is 46.0 Å². The highest BCUT2D eigenvalue weighted by Gasteiger charge is 2.52. The molecule has 0 radical (unpaired) electrons. The number of hydrogen-bond acceptors (Lipinski definition) is 11. The normalized spacial score (nSPS) is 14.3. The highest BCUT2D eigenvalue weighted by molar-refractivity contribution is 6.01. The summed E-state index contributed by atoms with van der Waals surface area (Å²) in [6.45, 7) is 13.5. The third-order valence-corrected chi connectivity index (χ3v) is 23.0. The number of ether oxygens (including phenoxy) is 2. The molecule has 1 aliphatic carbocycles. The van der Waals surface area contributed by atoms with E-state index in [1.807, 2.05) is 147 Å². The Labute approximate surface area is 691 Å². The van der Waals surface area contributed by atoms with Gasteiger partial charge in [0.25, 0.3) is 0 Å². The van der Waals surface area contributed by atoms with E-state index >= 15 is 0 Å². The van der Waals surface area contributed by atoms with Crippen LogP contribution in [-0.2, 0) is 18.3 Å². The molecular formula is C108H75N9O2. The molecule has 5 heterocycles. The Balaban J connectivity index is 0.699. The minimum Gasteiger partial charge on any atom is -0.457 e. The Morgan fingerprint density at radius 2 is 0.882 bits per heavy atom. The predicted molar refractivity (Wildman–Crippen MR) is 479 cm³/mol. The number of para-hydroxylation sites is 6. The van der Waals surface area contributed by atoms with Gasteiger partial charge in [-0.2, -0.15) is 5.26 Å². The second-order valence-electron chi connectivity index (χ2n) is 30.0. The highest BCUT2D eigenvalue weighted by Crippen LogP contribution is 2.63. The number of hydrogen-bond donors (Lipinski definition) is 0. The standard InChI is InChI=1S/C108H75N9O2/c1-5-72(53-52-70(4)116-93-47-23-25-49-95(93)117(84-38-14-9-15-39-84)96-50-26-24-48-94(96)116)103-112-105(75-33-12-8-13-34-75)115-107(113-103)83-61-60-82-65-79-36-17-19-41-86(79)85-40-18-16-35-78(85)64-81-59-58-80(66-98(81)119-99(82)67-83)87-43-29-46-92-101(87)88-42-20-21-44-90(88)108(92)89(6-2)100(118-97-51-27-22-45-91(97)108)62-69(3)102-110-104(74-31-10-7-11-32-74)114-106(111-102)76-56-54-73(55-57-76)77-37-28-30-71(63-77)68-109/h5-63,66-67H,2,4,64-65H2,1,3H3/b53-52-,69-62+,72-5+. The van der Waals surface area contributed by atoms with Crippen molar-refractivity contribution in [2.75, 3.05) is 9.80 Å². The van der Waals surface area contributed by atoms with Gasteiger partial charge in [-0.15, -0.1) is 0 Å². The molecule has 119 heavy (non-hydrogen) atoms. The Morgan fingerprint density at radius 1 is 0.403 bits per heavy atom. The second-order valence-corrected chi connectivity index (χ2v) is 30.0. The van der Waals surface area contributed by atoms with Crippen molar-refractivity contribution < 1.29 is 9.47 Å². The molecule has 0 N–H and O–H groups in total. The molecule has 20 rings (SSSR count). The Hall–Kier alpha value is -15.8. The molecular weight excluding hydrogens is 1460 g/mol. The molecule has 0 bridgehead atoms. The van der Waals surface area contributed by atoms with E-state index in [2.05, 4.69) is 259 Å². The summed E-state index contributed by atoms with van der Waals surface area (Å²) in [5, 5.41) is 9.70. The zero-order chi connectivity index (χ0) is 80.1. The summed E-state index contributed by atoms with van der Waals surface area (Å²) in [4.78, 5) is 36.1. The SMILES string of the molecule is C=CC1=C(/C=C(\C)c2nc(-c3ccccc3)nc(-c3ccc(-c4cccc(C#N)c4)cc3)n2)Oc2ccccc2C12c1ccccc1-c1c(-c3ccc4c(c3)Oc3cc(-c5nc(C(/C=C\C(=C)N6c7ccccc7N(c7ccccc7)c7ccccc76)=C/C)nc(-c6ccccc6)n5)ccc3Cc3ccccc3-c3ccccc3C4)cccc12. The number of nitriles is 1. The highest BCUT2D eigenvalue weighted by atomic mass is 16.5. The maximum absolute atomic E-state index is 9.70. The van der Waals surface area contributed by atoms with Crippen molar-refractivity contribution in [1.29, 1.82) is 5.26 Å². The molecule has 14 aromatic carbocycles. The Kier molecular flexibility index (Phi) is 18.5. The number of aromatic nitrogens is 6. The van der Waals surface area contributed by atoms with E-state index in [9.17, 15) is 5.26 Å². The molecule has 4 aliphatic rings. The molecule has 3 aliphatic heterocycles. The quantitative estimate of drug-likeness (QED) is 0.0966. The second kappa shape index (κ2) is 30.5. The smallest absolute Gasteiger partial charge is 0.164 e. The zero-order valence-corrected chi connectivity index (χ0v) is 65.4. The lowest BCUT2D eigenvalue weighted by molar-refractivity contribution is 0.403. The van der Waals surface area contributed by atoms with Gasteiger partial charge in [0.1, 0.15) is 23.0 Å². The first-order chi connectivity index (χ1) is 58.7. The van der Waals surface area contributed by atoms with E-state index in [-0.39, 0.29) is 0 Å². The number of rotatable bonds is 14. The molecule has 0 fully saturated rings. The summed E-state index contributed by atoms with van der Waals surface area (Å²) in [7, 11) is 0. The minimum atomic E-state index is -0.909. The maximum atomic E-state index is 9.70. The fraction of sp³-hybridized carbons (Fsp3) is 0.0463. The fourth-order valence-corrected chi connectivity index (χ4v) is 17.4. The maximum Gasteiger partial charge on any atom is 0.164 e. The van der Waals surface area contributed by atoms with Gasteiger partial charge in [0.05, 0.1) is 39.8 Å². The van der Waals surface area contributed by atoms with E-state index in [1.54, 1.807) is 0 Å². The number of nitrogens with zero attached hydrogens (tertiary/aromatic N) is 9. The number of benzene rings is 14. The van der Waals surface area contributed by atoms with E-state index in [0.717, 1.165) is 146 Å².